The summed E-state index contributed by atoms with van der Waals surface area (Å²) in [6, 6.07) is 17.8. The summed E-state index contributed by atoms with van der Waals surface area (Å²) in [5.74, 6) is -0.795. The quantitative estimate of drug-likeness (QED) is 0.783. The molecule has 2 aromatic carbocycles. The highest BCUT2D eigenvalue weighted by Gasteiger charge is 2.21. The Kier molecular flexibility index (Phi) is 6.36. The second kappa shape index (κ2) is 8.49. The summed E-state index contributed by atoms with van der Waals surface area (Å²) in [6.07, 6.45) is 2.24. The Labute approximate surface area is 138 Å². The van der Waals surface area contributed by atoms with Crippen LogP contribution in [0.4, 0.5) is 0 Å². The number of aliphatic carboxylic acids is 1. The summed E-state index contributed by atoms with van der Waals surface area (Å²) in [5.41, 5.74) is 3.51. The number of nitrogens with one attached hydrogen (secondary N) is 1. The smallest absolute Gasteiger partial charge is 0.321 e. The van der Waals surface area contributed by atoms with Crippen molar-refractivity contribution in [1.29, 1.82) is 0 Å². The number of hydrogen-bond acceptors (Lipinski definition) is 2. The van der Waals surface area contributed by atoms with E-state index in [1.807, 2.05) is 30.3 Å². The summed E-state index contributed by atoms with van der Waals surface area (Å²) >= 11 is 0. The molecular formula is C20H25NO2. The molecule has 0 heterocycles. The zero-order valence-electron chi connectivity index (χ0n) is 13.8. The molecule has 0 aliphatic rings. The van der Waals surface area contributed by atoms with Crippen LogP contribution in [0.2, 0.25) is 0 Å². The lowest BCUT2D eigenvalue weighted by Crippen LogP contribution is -2.45. The predicted molar refractivity (Wildman–Crippen MR) is 93.7 cm³/mol. The molecule has 2 atom stereocenters. The maximum absolute atomic E-state index is 11.6. The van der Waals surface area contributed by atoms with Crippen molar-refractivity contribution in [3.63, 3.8) is 0 Å². The Hall–Kier alpha value is -2.13. The van der Waals surface area contributed by atoms with Gasteiger partial charge in [-0.3, -0.25) is 4.79 Å². The lowest BCUT2D eigenvalue weighted by Gasteiger charge is -2.22. The molecule has 3 nitrogen and oxygen atoms in total. The molecule has 0 radical (unpaired) electrons. The molecule has 0 spiro atoms. The van der Waals surface area contributed by atoms with E-state index in [2.05, 4.69) is 43.4 Å². The topological polar surface area (TPSA) is 49.3 Å². The molecule has 0 saturated carbocycles. The molecule has 0 aliphatic heterocycles. The molecule has 3 heteroatoms. The average molecular weight is 311 g/mol. The van der Waals surface area contributed by atoms with Crippen LogP contribution >= 0.6 is 0 Å². The van der Waals surface area contributed by atoms with E-state index in [1.165, 1.54) is 11.1 Å². The Morgan fingerprint density at radius 3 is 2.17 bits per heavy atom. The van der Waals surface area contributed by atoms with Gasteiger partial charge in [0.05, 0.1) is 0 Å². The first-order chi connectivity index (χ1) is 11.1. The van der Waals surface area contributed by atoms with Crippen molar-refractivity contribution in [1.82, 2.24) is 5.32 Å². The highest BCUT2D eigenvalue weighted by molar-refractivity contribution is 5.74. The minimum absolute atomic E-state index is 0.155. The third kappa shape index (κ3) is 5.53. The number of benzene rings is 2. The maximum atomic E-state index is 11.6. The first-order valence-electron chi connectivity index (χ1n) is 8.16. The van der Waals surface area contributed by atoms with Crippen LogP contribution in [0.1, 0.15) is 30.0 Å². The molecule has 0 aromatic heterocycles. The SMILES string of the molecule is CCC(Cc1ccc(C)cc1)N[C@H](Cc1ccccc1)C(=O)O. The summed E-state index contributed by atoms with van der Waals surface area (Å²) in [7, 11) is 0. The Morgan fingerprint density at radius 2 is 1.61 bits per heavy atom. The van der Waals surface area contributed by atoms with Gasteiger partial charge in [-0.1, -0.05) is 67.1 Å². The zero-order chi connectivity index (χ0) is 16.7. The number of rotatable bonds is 8. The van der Waals surface area contributed by atoms with Crippen LogP contribution in [0, 0.1) is 6.92 Å². The first-order valence-corrected chi connectivity index (χ1v) is 8.16. The van der Waals surface area contributed by atoms with Gasteiger partial charge in [-0.15, -0.1) is 0 Å². The van der Waals surface area contributed by atoms with E-state index in [-0.39, 0.29) is 6.04 Å². The van der Waals surface area contributed by atoms with Crippen LogP contribution in [0.15, 0.2) is 54.6 Å². The van der Waals surface area contributed by atoms with Gasteiger partial charge in [0.1, 0.15) is 6.04 Å². The Morgan fingerprint density at radius 1 is 1.00 bits per heavy atom. The standard InChI is InChI=1S/C20H25NO2/c1-3-18(13-17-11-9-15(2)10-12-17)21-19(20(22)23)14-16-7-5-4-6-8-16/h4-12,18-19,21H,3,13-14H2,1-2H3,(H,22,23)/t18?,19-/m1/s1. The minimum atomic E-state index is -0.795. The van der Waals surface area contributed by atoms with Crippen molar-refractivity contribution in [3.05, 3.63) is 71.3 Å². The normalized spacial score (nSPS) is 13.5. The van der Waals surface area contributed by atoms with Crippen molar-refractivity contribution in [2.45, 2.75) is 45.2 Å². The molecule has 2 aromatic rings. The largest absolute Gasteiger partial charge is 0.480 e. The molecule has 0 amide bonds. The molecule has 2 rings (SSSR count). The van der Waals surface area contributed by atoms with Gasteiger partial charge < -0.3 is 10.4 Å². The summed E-state index contributed by atoms with van der Waals surface area (Å²) in [5, 5.41) is 12.8. The van der Waals surface area contributed by atoms with Crippen LogP contribution in [0.3, 0.4) is 0 Å². The van der Waals surface area contributed by atoms with E-state index >= 15 is 0 Å². The van der Waals surface area contributed by atoms with Gasteiger partial charge in [0.25, 0.3) is 0 Å². The van der Waals surface area contributed by atoms with Crippen LogP contribution in [0.25, 0.3) is 0 Å². The van der Waals surface area contributed by atoms with Crippen molar-refractivity contribution in [2.75, 3.05) is 0 Å². The number of aryl methyl sites for hydroxylation is 1. The molecule has 0 bridgehead atoms. The highest BCUT2D eigenvalue weighted by Crippen LogP contribution is 2.10. The van der Waals surface area contributed by atoms with Crippen LogP contribution < -0.4 is 5.32 Å². The molecule has 0 fully saturated rings. The monoisotopic (exact) mass is 311 g/mol. The zero-order valence-corrected chi connectivity index (χ0v) is 13.8. The van der Waals surface area contributed by atoms with E-state index in [4.69, 9.17) is 0 Å². The van der Waals surface area contributed by atoms with E-state index in [1.54, 1.807) is 0 Å². The fourth-order valence-corrected chi connectivity index (χ4v) is 2.68. The van der Waals surface area contributed by atoms with Crippen molar-refractivity contribution < 1.29 is 9.90 Å². The second-order valence-corrected chi connectivity index (χ2v) is 6.04. The van der Waals surface area contributed by atoms with Gasteiger partial charge in [-0.25, -0.2) is 0 Å². The number of carboxylic acid groups (broad SMARTS) is 1. The number of carbonyl (C=O) groups is 1. The fraction of sp³-hybridized carbons (Fsp3) is 0.350. The minimum Gasteiger partial charge on any atom is -0.480 e. The van der Waals surface area contributed by atoms with Crippen molar-refractivity contribution in [2.24, 2.45) is 0 Å². The van der Waals surface area contributed by atoms with Gasteiger partial charge >= 0.3 is 5.97 Å². The predicted octanol–water partition coefficient (Wildman–Crippen LogP) is 3.60. The lowest BCUT2D eigenvalue weighted by molar-refractivity contribution is -0.139. The number of carboxylic acids is 1. The number of hydrogen-bond donors (Lipinski definition) is 2. The van der Waals surface area contributed by atoms with E-state index < -0.39 is 12.0 Å². The average Bonchev–Trinajstić information content (AvgIpc) is 2.56. The van der Waals surface area contributed by atoms with Crippen molar-refractivity contribution >= 4 is 5.97 Å². The molecule has 2 N–H and O–H groups in total. The third-order valence-electron chi connectivity index (χ3n) is 4.11. The summed E-state index contributed by atoms with van der Waals surface area (Å²) in [4.78, 5) is 11.6. The third-order valence-corrected chi connectivity index (χ3v) is 4.11. The summed E-state index contributed by atoms with van der Waals surface area (Å²) < 4.78 is 0. The van der Waals surface area contributed by atoms with E-state index in [9.17, 15) is 9.90 Å². The highest BCUT2D eigenvalue weighted by atomic mass is 16.4. The van der Waals surface area contributed by atoms with Crippen LogP contribution in [-0.2, 0) is 17.6 Å². The van der Waals surface area contributed by atoms with Gasteiger partial charge in [0.15, 0.2) is 0 Å². The van der Waals surface area contributed by atoms with Crippen LogP contribution in [0.5, 0.6) is 0 Å². The van der Waals surface area contributed by atoms with Crippen LogP contribution in [-0.4, -0.2) is 23.2 Å². The Balaban J connectivity index is 2.01. The van der Waals surface area contributed by atoms with Gasteiger partial charge in [0, 0.05) is 6.04 Å². The fourth-order valence-electron chi connectivity index (χ4n) is 2.68. The molecule has 0 saturated heterocycles. The second-order valence-electron chi connectivity index (χ2n) is 6.04. The molecule has 0 aliphatic carbocycles. The van der Waals surface area contributed by atoms with E-state index in [0.29, 0.717) is 6.42 Å². The van der Waals surface area contributed by atoms with Gasteiger partial charge in [-0.05, 0) is 37.3 Å². The molecular weight excluding hydrogens is 286 g/mol. The van der Waals surface area contributed by atoms with Gasteiger partial charge in [-0.2, -0.15) is 0 Å². The first kappa shape index (κ1) is 17.2. The molecule has 1 unspecified atom stereocenters. The maximum Gasteiger partial charge on any atom is 0.321 e. The lowest BCUT2D eigenvalue weighted by atomic mass is 10.00. The Bertz CT molecular complexity index is 607. The molecule has 23 heavy (non-hydrogen) atoms. The van der Waals surface area contributed by atoms with E-state index in [0.717, 1.165) is 18.4 Å². The summed E-state index contributed by atoms with van der Waals surface area (Å²) in [6.45, 7) is 4.16. The molecule has 122 valence electrons. The van der Waals surface area contributed by atoms with Crippen molar-refractivity contribution in [3.8, 4) is 0 Å². The van der Waals surface area contributed by atoms with Gasteiger partial charge in [0.2, 0.25) is 0 Å².